The van der Waals surface area contributed by atoms with E-state index >= 15 is 0 Å². The molecular weight excluding hydrogens is 339 g/mol. The van der Waals surface area contributed by atoms with Gasteiger partial charge in [0.05, 0.1) is 17.8 Å². The Hall–Kier alpha value is -2.84. The standard InChI is InChI=1S/C16H16F3N3O3/c1-10(15(24)25)9-21(2)14(23)11-4-3-5-12(8-11)22-13(6-7-20-22)16(17,18)19/h3-8,10H,9H2,1-2H3,(H,24,25). The predicted molar refractivity (Wildman–Crippen MR) is 82.3 cm³/mol. The lowest BCUT2D eigenvalue weighted by Crippen LogP contribution is -2.33. The summed E-state index contributed by atoms with van der Waals surface area (Å²) in [6, 6.07) is 6.42. The van der Waals surface area contributed by atoms with Crippen molar-refractivity contribution >= 4 is 11.9 Å². The maximum absolute atomic E-state index is 13.0. The summed E-state index contributed by atoms with van der Waals surface area (Å²) in [6.45, 7) is 1.44. The molecule has 0 saturated heterocycles. The van der Waals surface area contributed by atoms with Gasteiger partial charge in [-0.05, 0) is 24.3 Å². The van der Waals surface area contributed by atoms with Gasteiger partial charge in [0.1, 0.15) is 5.69 Å². The third-order valence-electron chi connectivity index (χ3n) is 3.59. The number of amides is 1. The number of aliphatic carboxylic acids is 1. The maximum Gasteiger partial charge on any atom is 0.433 e. The van der Waals surface area contributed by atoms with Crippen LogP contribution >= 0.6 is 0 Å². The Morgan fingerprint density at radius 2 is 2.00 bits per heavy atom. The molecule has 2 aromatic rings. The molecule has 0 spiro atoms. The van der Waals surface area contributed by atoms with Crippen LogP contribution in [0, 0.1) is 5.92 Å². The largest absolute Gasteiger partial charge is 0.481 e. The average Bonchev–Trinajstić information content (AvgIpc) is 3.04. The quantitative estimate of drug-likeness (QED) is 0.895. The van der Waals surface area contributed by atoms with Crippen molar-refractivity contribution in [2.45, 2.75) is 13.1 Å². The van der Waals surface area contributed by atoms with E-state index in [9.17, 15) is 22.8 Å². The van der Waals surface area contributed by atoms with Gasteiger partial charge in [0.25, 0.3) is 5.91 Å². The predicted octanol–water partition coefficient (Wildman–Crippen LogP) is 2.68. The minimum atomic E-state index is -4.58. The number of rotatable bonds is 5. The van der Waals surface area contributed by atoms with Gasteiger partial charge in [0.15, 0.2) is 0 Å². The van der Waals surface area contributed by atoms with Crippen molar-refractivity contribution in [1.82, 2.24) is 14.7 Å². The highest BCUT2D eigenvalue weighted by atomic mass is 19.4. The van der Waals surface area contributed by atoms with E-state index in [1.54, 1.807) is 0 Å². The van der Waals surface area contributed by atoms with E-state index in [-0.39, 0.29) is 17.8 Å². The zero-order valence-electron chi connectivity index (χ0n) is 13.5. The Morgan fingerprint density at radius 1 is 1.32 bits per heavy atom. The van der Waals surface area contributed by atoms with Crippen molar-refractivity contribution in [1.29, 1.82) is 0 Å². The van der Waals surface area contributed by atoms with Crippen molar-refractivity contribution in [3.63, 3.8) is 0 Å². The molecule has 1 aromatic carbocycles. The van der Waals surface area contributed by atoms with Crippen LogP contribution in [0.3, 0.4) is 0 Å². The molecule has 6 nitrogen and oxygen atoms in total. The number of carbonyl (C=O) groups is 2. The molecule has 1 N–H and O–H groups in total. The van der Waals surface area contributed by atoms with E-state index in [0.717, 1.165) is 12.3 Å². The van der Waals surface area contributed by atoms with Gasteiger partial charge in [0.2, 0.25) is 0 Å². The molecule has 0 aliphatic rings. The number of nitrogens with zero attached hydrogens (tertiary/aromatic N) is 3. The summed E-state index contributed by atoms with van der Waals surface area (Å²) in [5.41, 5.74) is -0.728. The van der Waals surface area contributed by atoms with Crippen LogP contribution in [-0.4, -0.2) is 45.3 Å². The SMILES string of the molecule is CC(CN(C)C(=O)c1cccc(-n2nccc2C(F)(F)F)c1)C(=O)O. The Balaban J connectivity index is 2.29. The van der Waals surface area contributed by atoms with Crippen LogP contribution in [0.2, 0.25) is 0 Å². The second kappa shape index (κ2) is 6.96. The first-order chi connectivity index (χ1) is 11.6. The lowest BCUT2D eigenvalue weighted by molar-refractivity contribution is -0.143. The van der Waals surface area contributed by atoms with Crippen LogP contribution in [0.5, 0.6) is 0 Å². The van der Waals surface area contributed by atoms with Crippen LogP contribution in [0.25, 0.3) is 5.69 Å². The second-order valence-electron chi connectivity index (χ2n) is 5.60. The molecule has 0 aliphatic heterocycles. The van der Waals surface area contributed by atoms with Gasteiger partial charge in [-0.3, -0.25) is 9.59 Å². The zero-order chi connectivity index (χ0) is 18.8. The highest BCUT2D eigenvalue weighted by Crippen LogP contribution is 2.30. The van der Waals surface area contributed by atoms with E-state index in [4.69, 9.17) is 5.11 Å². The van der Waals surface area contributed by atoms with Crippen molar-refractivity contribution in [3.05, 3.63) is 47.8 Å². The number of halogens is 3. The van der Waals surface area contributed by atoms with Crippen molar-refractivity contribution < 1.29 is 27.9 Å². The fourth-order valence-electron chi connectivity index (χ4n) is 2.29. The van der Waals surface area contributed by atoms with E-state index in [1.807, 2.05) is 0 Å². The molecule has 2 rings (SSSR count). The highest BCUT2D eigenvalue weighted by Gasteiger charge is 2.35. The Morgan fingerprint density at radius 3 is 2.60 bits per heavy atom. The minimum Gasteiger partial charge on any atom is -0.481 e. The summed E-state index contributed by atoms with van der Waals surface area (Å²) in [4.78, 5) is 24.5. The molecule has 0 bridgehead atoms. The molecule has 0 saturated carbocycles. The van der Waals surface area contributed by atoms with Crippen LogP contribution in [0.1, 0.15) is 23.0 Å². The molecule has 0 fully saturated rings. The first-order valence-corrected chi connectivity index (χ1v) is 7.31. The number of aromatic nitrogens is 2. The first-order valence-electron chi connectivity index (χ1n) is 7.31. The van der Waals surface area contributed by atoms with Gasteiger partial charge in [-0.25, -0.2) is 4.68 Å². The fraction of sp³-hybridized carbons (Fsp3) is 0.312. The summed E-state index contributed by atoms with van der Waals surface area (Å²) in [7, 11) is 1.43. The number of carboxylic acid groups (broad SMARTS) is 1. The molecule has 1 amide bonds. The topological polar surface area (TPSA) is 75.4 Å². The smallest absolute Gasteiger partial charge is 0.433 e. The van der Waals surface area contributed by atoms with Crippen molar-refractivity contribution in [2.75, 3.05) is 13.6 Å². The monoisotopic (exact) mass is 355 g/mol. The molecule has 1 atom stereocenters. The fourth-order valence-corrected chi connectivity index (χ4v) is 2.29. The molecule has 0 radical (unpaired) electrons. The van der Waals surface area contributed by atoms with Crippen LogP contribution in [-0.2, 0) is 11.0 Å². The number of hydrogen-bond acceptors (Lipinski definition) is 3. The van der Waals surface area contributed by atoms with Gasteiger partial charge in [-0.1, -0.05) is 13.0 Å². The van der Waals surface area contributed by atoms with E-state index in [2.05, 4.69) is 5.10 Å². The van der Waals surface area contributed by atoms with Crippen LogP contribution in [0.15, 0.2) is 36.5 Å². The summed E-state index contributed by atoms with van der Waals surface area (Å²) in [6.07, 6.45) is -3.55. The average molecular weight is 355 g/mol. The highest BCUT2D eigenvalue weighted by molar-refractivity contribution is 5.94. The number of benzene rings is 1. The molecule has 1 heterocycles. The molecule has 134 valence electrons. The zero-order valence-corrected chi connectivity index (χ0v) is 13.5. The molecule has 9 heteroatoms. The van der Waals surface area contributed by atoms with Gasteiger partial charge in [-0.15, -0.1) is 0 Å². The third-order valence-corrected chi connectivity index (χ3v) is 3.59. The summed E-state index contributed by atoms with van der Waals surface area (Å²) >= 11 is 0. The number of alkyl halides is 3. The van der Waals surface area contributed by atoms with E-state index in [1.165, 1.54) is 43.1 Å². The number of carbonyl (C=O) groups excluding carboxylic acids is 1. The number of hydrogen-bond donors (Lipinski definition) is 1. The lowest BCUT2D eigenvalue weighted by atomic mass is 10.1. The molecule has 1 aromatic heterocycles. The third kappa shape index (κ3) is 4.17. The van der Waals surface area contributed by atoms with Gasteiger partial charge < -0.3 is 10.0 Å². The lowest BCUT2D eigenvalue weighted by Gasteiger charge is -2.20. The van der Waals surface area contributed by atoms with Crippen LogP contribution in [0.4, 0.5) is 13.2 Å². The van der Waals surface area contributed by atoms with Crippen LogP contribution < -0.4 is 0 Å². The Bertz CT molecular complexity index is 786. The molecular formula is C16H16F3N3O3. The first kappa shape index (κ1) is 18.5. The second-order valence-corrected chi connectivity index (χ2v) is 5.60. The maximum atomic E-state index is 13.0. The normalized spacial score (nSPS) is 12.7. The number of carboxylic acids is 1. The molecule has 1 unspecified atom stereocenters. The van der Waals surface area contributed by atoms with Gasteiger partial charge in [-0.2, -0.15) is 18.3 Å². The van der Waals surface area contributed by atoms with Crippen molar-refractivity contribution in [2.24, 2.45) is 5.92 Å². The molecule has 25 heavy (non-hydrogen) atoms. The Kier molecular flexibility index (Phi) is 5.15. The summed E-state index contributed by atoms with van der Waals surface area (Å²) in [5.74, 6) is -2.30. The summed E-state index contributed by atoms with van der Waals surface area (Å²) < 4.78 is 39.7. The van der Waals surface area contributed by atoms with Gasteiger partial charge >= 0.3 is 12.1 Å². The van der Waals surface area contributed by atoms with E-state index < -0.39 is 29.7 Å². The van der Waals surface area contributed by atoms with Crippen molar-refractivity contribution in [3.8, 4) is 5.69 Å². The van der Waals surface area contributed by atoms with E-state index in [0.29, 0.717) is 4.68 Å². The minimum absolute atomic E-state index is 0.0199. The Labute approximate surface area is 141 Å². The molecule has 0 aliphatic carbocycles. The summed E-state index contributed by atoms with van der Waals surface area (Å²) in [5, 5.41) is 12.6. The van der Waals surface area contributed by atoms with Gasteiger partial charge in [0, 0.05) is 19.2 Å².